The Hall–Kier alpha value is -0.650. The van der Waals surface area contributed by atoms with Gasteiger partial charge in [-0.15, -0.1) is 0 Å². The van der Waals surface area contributed by atoms with Gasteiger partial charge in [0.15, 0.2) is 0 Å². The monoisotopic (exact) mass is 185 g/mol. The molecule has 1 amide bonds. The molecule has 2 heterocycles. The maximum absolute atomic E-state index is 11.5. The first-order valence-electron chi connectivity index (χ1n) is 4.68. The fourth-order valence-corrected chi connectivity index (χ4v) is 1.61. The molecule has 0 aromatic rings. The topological polar surface area (TPSA) is 73.4 Å². The van der Waals surface area contributed by atoms with Crippen LogP contribution in [0.4, 0.5) is 0 Å². The third kappa shape index (κ3) is 1.99. The van der Waals surface area contributed by atoms with Crippen molar-refractivity contribution in [1.82, 2.24) is 16.0 Å². The van der Waals surface area contributed by atoms with E-state index in [1.165, 1.54) is 0 Å². The second-order valence-electron chi connectivity index (χ2n) is 3.71. The molecule has 2 fully saturated rings. The van der Waals surface area contributed by atoms with Crippen LogP contribution in [0.25, 0.3) is 0 Å². The summed E-state index contributed by atoms with van der Waals surface area (Å²) in [7, 11) is 0. The molecular formula is C8H15N3O2. The highest BCUT2D eigenvalue weighted by Gasteiger charge is 2.30. The Balaban J connectivity index is 1.76. The van der Waals surface area contributed by atoms with Crippen molar-refractivity contribution < 1.29 is 9.90 Å². The van der Waals surface area contributed by atoms with Crippen LogP contribution < -0.4 is 16.0 Å². The minimum Gasteiger partial charge on any atom is -0.392 e. The molecular weight excluding hydrogens is 170 g/mol. The van der Waals surface area contributed by atoms with E-state index in [4.69, 9.17) is 0 Å². The first-order valence-corrected chi connectivity index (χ1v) is 4.68. The van der Waals surface area contributed by atoms with E-state index in [0.717, 1.165) is 13.1 Å². The first kappa shape index (κ1) is 8.93. The van der Waals surface area contributed by atoms with Crippen molar-refractivity contribution in [2.45, 2.75) is 24.6 Å². The molecule has 0 saturated carbocycles. The Bertz CT molecular complexity index is 206. The highest BCUT2D eigenvalue weighted by atomic mass is 16.3. The summed E-state index contributed by atoms with van der Waals surface area (Å²) in [5, 5.41) is 18.2. The largest absolute Gasteiger partial charge is 0.392 e. The zero-order chi connectivity index (χ0) is 9.26. The molecule has 2 rings (SSSR count). The zero-order valence-electron chi connectivity index (χ0n) is 7.42. The number of β-amino-alcohol motifs (C(OH)–C–C–N with tert-alkyl or cyclic N) is 1. The number of rotatable bonds is 2. The number of carbonyl (C=O) groups is 1. The summed E-state index contributed by atoms with van der Waals surface area (Å²) in [6.45, 7) is 2.25. The molecule has 0 aromatic heterocycles. The smallest absolute Gasteiger partial charge is 0.237 e. The standard InChI is InChI=1S/C8H15N3O2/c12-6-1-7(10-4-6)8(13)11-5-2-9-3-5/h5-7,9-10,12H,1-4H2,(H,11,13). The molecule has 5 nitrogen and oxygen atoms in total. The average Bonchev–Trinajstić information content (AvgIpc) is 2.44. The molecule has 0 radical (unpaired) electrons. The van der Waals surface area contributed by atoms with E-state index in [1.807, 2.05) is 0 Å². The van der Waals surface area contributed by atoms with Crippen LogP contribution in [-0.2, 0) is 4.79 Å². The van der Waals surface area contributed by atoms with Gasteiger partial charge in [0.05, 0.1) is 18.2 Å². The van der Waals surface area contributed by atoms with E-state index in [0.29, 0.717) is 13.0 Å². The molecule has 5 heteroatoms. The second kappa shape index (κ2) is 3.61. The molecule has 0 spiro atoms. The SMILES string of the molecule is O=C(NC1CNC1)C1CC(O)CN1. The predicted octanol–water partition coefficient (Wildman–Crippen LogP) is -2.20. The van der Waals surface area contributed by atoms with E-state index in [2.05, 4.69) is 16.0 Å². The van der Waals surface area contributed by atoms with Gasteiger partial charge in [-0.25, -0.2) is 0 Å². The van der Waals surface area contributed by atoms with Gasteiger partial charge >= 0.3 is 0 Å². The van der Waals surface area contributed by atoms with Crippen molar-refractivity contribution in [2.24, 2.45) is 0 Å². The van der Waals surface area contributed by atoms with Gasteiger partial charge in [-0.3, -0.25) is 4.79 Å². The lowest BCUT2D eigenvalue weighted by Crippen LogP contribution is -2.59. The predicted molar refractivity (Wildman–Crippen MR) is 47.2 cm³/mol. The van der Waals surface area contributed by atoms with Crippen molar-refractivity contribution in [3.05, 3.63) is 0 Å². The summed E-state index contributed by atoms with van der Waals surface area (Å²) in [6.07, 6.45) is 0.168. The van der Waals surface area contributed by atoms with E-state index in [9.17, 15) is 9.90 Å². The fraction of sp³-hybridized carbons (Fsp3) is 0.875. The lowest BCUT2D eigenvalue weighted by molar-refractivity contribution is -0.124. The molecule has 2 aliphatic heterocycles. The van der Waals surface area contributed by atoms with Crippen molar-refractivity contribution in [1.29, 1.82) is 0 Å². The molecule has 2 saturated heterocycles. The minimum absolute atomic E-state index is 0.0167. The van der Waals surface area contributed by atoms with Crippen molar-refractivity contribution in [2.75, 3.05) is 19.6 Å². The zero-order valence-corrected chi connectivity index (χ0v) is 7.42. The van der Waals surface area contributed by atoms with E-state index in [1.54, 1.807) is 0 Å². The van der Waals surface area contributed by atoms with Gasteiger partial charge in [0.25, 0.3) is 0 Å². The molecule has 2 unspecified atom stereocenters. The number of hydrogen-bond donors (Lipinski definition) is 4. The van der Waals surface area contributed by atoms with E-state index >= 15 is 0 Å². The summed E-state index contributed by atoms with van der Waals surface area (Å²) >= 11 is 0. The van der Waals surface area contributed by atoms with Crippen LogP contribution >= 0.6 is 0 Å². The molecule has 13 heavy (non-hydrogen) atoms. The van der Waals surface area contributed by atoms with Gasteiger partial charge in [0.1, 0.15) is 0 Å². The highest BCUT2D eigenvalue weighted by Crippen LogP contribution is 2.06. The van der Waals surface area contributed by atoms with Crippen LogP contribution in [0.3, 0.4) is 0 Å². The molecule has 0 bridgehead atoms. The fourth-order valence-electron chi connectivity index (χ4n) is 1.61. The second-order valence-corrected chi connectivity index (χ2v) is 3.71. The van der Waals surface area contributed by atoms with Crippen LogP contribution in [-0.4, -0.2) is 48.8 Å². The van der Waals surface area contributed by atoms with E-state index in [-0.39, 0.29) is 24.1 Å². The maximum atomic E-state index is 11.5. The Morgan fingerprint density at radius 2 is 2.15 bits per heavy atom. The van der Waals surface area contributed by atoms with Crippen LogP contribution in [0.5, 0.6) is 0 Å². The maximum Gasteiger partial charge on any atom is 0.237 e. The molecule has 0 aliphatic carbocycles. The quantitative estimate of drug-likeness (QED) is 0.394. The van der Waals surface area contributed by atoms with Gasteiger partial charge in [0, 0.05) is 19.6 Å². The molecule has 4 N–H and O–H groups in total. The average molecular weight is 185 g/mol. The number of aliphatic hydroxyl groups excluding tert-OH is 1. The Morgan fingerprint density at radius 1 is 1.38 bits per heavy atom. The molecule has 2 aliphatic rings. The summed E-state index contributed by atoms with van der Waals surface area (Å²) in [4.78, 5) is 11.5. The summed E-state index contributed by atoms with van der Waals surface area (Å²) in [6, 6.07) is 0.0858. The number of nitrogens with one attached hydrogen (secondary N) is 3. The van der Waals surface area contributed by atoms with Crippen LogP contribution in [0, 0.1) is 0 Å². The van der Waals surface area contributed by atoms with Gasteiger partial charge in [-0.2, -0.15) is 0 Å². The summed E-state index contributed by atoms with van der Waals surface area (Å²) in [5.41, 5.74) is 0. The van der Waals surface area contributed by atoms with Crippen LogP contribution in [0.1, 0.15) is 6.42 Å². The minimum atomic E-state index is -0.365. The normalized spacial score (nSPS) is 34.2. The van der Waals surface area contributed by atoms with Crippen LogP contribution in [0.2, 0.25) is 0 Å². The number of aliphatic hydroxyl groups is 1. The molecule has 2 atom stereocenters. The number of carbonyl (C=O) groups excluding carboxylic acids is 1. The number of amides is 1. The lowest BCUT2D eigenvalue weighted by atomic mass is 10.1. The molecule has 0 aromatic carbocycles. The third-order valence-corrected chi connectivity index (χ3v) is 2.55. The molecule has 74 valence electrons. The van der Waals surface area contributed by atoms with Gasteiger partial charge in [-0.1, -0.05) is 0 Å². The van der Waals surface area contributed by atoms with Crippen LogP contribution in [0.15, 0.2) is 0 Å². The van der Waals surface area contributed by atoms with Crippen molar-refractivity contribution in [3.8, 4) is 0 Å². The Labute approximate surface area is 76.9 Å². The van der Waals surface area contributed by atoms with Gasteiger partial charge in [0.2, 0.25) is 5.91 Å². The summed E-state index contributed by atoms with van der Waals surface area (Å²) < 4.78 is 0. The van der Waals surface area contributed by atoms with E-state index < -0.39 is 0 Å². The lowest BCUT2D eigenvalue weighted by Gasteiger charge is -2.29. The Morgan fingerprint density at radius 3 is 2.62 bits per heavy atom. The Kier molecular flexibility index (Phi) is 2.48. The third-order valence-electron chi connectivity index (χ3n) is 2.55. The summed E-state index contributed by atoms with van der Waals surface area (Å²) in [5.74, 6) is 0.0167. The van der Waals surface area contributed by atoms with Gasteiger partial charge < -0.3 is 21.1 Å². The van der Waals surface area contributed by atoms with Crippen molar-refractivity contribution >= 4 is 5.91 Å². The number of hydrogen-bond acceptors (Lipinski definition) is 4. The van der Waals surface area contributed by atoms with Gasteiger partial charge in [-0.05, 0) is 6.42 Å². The highest BCUT2D eigenvalue weighted by molar-refractivity contribution is 5.82. The van der Waals surface area contributed by atoms with Crippen molar-refractivity contribution in [3.63, 3.8) is 0 Å². The first-order chi connectivity index (χ1) is 6.25.